The predicted octanol–water partition coefficient (Wildman–Crippen LogP) is 4.10. The average Bonchev–Trinajstić information content (AvgIpc) is 2.45. The molecule has 0 aliphatic rings. The molecule has 0 spiro atoms. The number of likely N-dealkylation sites (N-methyl/N-ethyl adjacent to an activating group) is 1. The van der Waals surface area contributed by atoms with E-state index in [4.69, 9.17) is 4.74 Å². The molecule has 2 aromatic carbocycles. The normalized spacial score (nSPS) is 12.2. The van der Waals surface area contributed by atoms with E-state index in [1.54, 1.807) is 19.2 Å². The summed E-state index contributed by atoms with van der Waals surface area (Å²) in [7, 11) is 3.55. The quantitative estimate of drug-likeness (QED) is 0.886. The molecule has 0 saturated heterocycles. The first-order chi connectivity index (χ1) is 9.63. The van der Waals surface area contributed by atoms with Crippen LogP contribution >= 0.6 is 15.9 Å². The van der Waals surface area contributed by atoms with Crippen molar-refractivity contribution in [1.29, 1.82) is 0 Å². The van der Waals surface area contributed by atoms with Crippen LogP contribution in [0.3, 0.4) is 0 Å². The maximum atomic E-state index is 13.3. The first-order valence-corrected chi connectivity index (χ1v) is 7.18. The van der Waals surface area contributed by atoms with Crippen LogP contribution in [0.2, 0.25) is 0 Å². The van der Waals surface area contributed by atoms with E-state index in [-0.39, 0.29) is 11.9 Å². The van der Waals surface area contributed by atoms with Gasteiger partial charge in [0.15, 0.2) is 0 Å². The Bertz CT molecular complexity index is 588. The summed E-state index contributed by atoms with van der Waals surface area (Å²) in [5.41, 5.74) is 2.00. The third kappa shape index (κ3) is 3.58. The zero-order valence-electron chi connectivity index (χ0n) is 11.5. The highest BCUT2D eigenvalue weighted by Gasteiger charge is 2.15. The van der Waals surface area contributed by atoms with Crippen LogP contribution in [-0.4, -0.2) is 14.2 Å². The SMILES string of the molecule is CNC(Cc1cccc(F)c1)c1cc(Br)ccc1OC. The van der Waals surface area contributed by atoms with Crippen LogP contribution in [-0.2, 0) is 6.42 Å². The zero-order chi connectivity index (χ0) is 14.5. The molecule has 0 saturated carbocycles. The Labute approximate surface area is 127 Å². The number of hydrogen-bond acceptors (Lipinski definition) is 2. The third-order valence-corrected chi connectivity index (χ3v) is 3.74. The van der Waals surface area contributed by atoms with E-state index in [1.807, 2.05) is 31.3 Å². The van der Waals surface area contributed by atoms with Gasteiger partial charge in [-0.05, 0) is 49.4 Å². The molecule has 0 aliphatic carbocycles. The van der Waals surface area contributed by atoms with Crippen LogP contribution in [0.5, 0.6) is 5.75 Å². The fourth-order valence-electron chi connectivity index (χ4n) is 2.24. The molecule has 106 valence electrons. The summed E-state index contributed by atoms with van der Waals surface area (Å²) in [6.45, 7) is 0. The largest absolute Gasteiger partial charge is 0.496 e. The monoisotopic (exact) mass is 337 g/mol. The molecule has 0 amide bonds. The van der Waals surface area contributed by atoms with E-state index in [0.29, 0.717) is 6.42 Å². The molecule has 1 atom stereocenters. The van der Waals surface area contributed by atoms with Crippen molar-refractivity contribution in [2.75, 3.05) is 14.2 Å². The molecular formula is C16H17BrFNO. The Hall–Kier alpha value is -1.39. The van der Waals surface area contributed by atoms with Crippen LogP contribution in [0, 0.1) is 5.82 Å². The van der Waals surface area contributed by atoms with Crippen LogP contribution in [0.1, 0.15) is 17.2 Å². The van der Waals surface area contributed by atoms with Crippen LogP contribution < -0.4 is 10.1 Å². The fourth-order valence-corrected chi connectivity index (χ4v) is 2.62. The van der Waals surface area contributed by atoms with Gasteiger partial charge in [0.1, 0.15) is 11.6 Å². The molecule has 0 bridgehead atoms. The third-order valence-electron chi connectivity index (χ3n) is 3.24. The Balaban J connectivity index is 2.30. The van der Waals surface area contributed by atoms with Gasteiger partial charge in [-0.15, -0.1) is 0 Å². The molecular weight excluding hydrogens is 321 g/mol. The van der Waals surface area contributed by atoms with E-state index in [9.17, 15) is 4.39 Å². The van der Waals surface area contributed by atoms with Crippen molar-refractivity contribution in [3.8, 4) is 5.75 Å². The van der Waals surface area contributed by atoms with Gasteiger partial charge in [0, 0.05) is 16.1 Å². The van der Waals surface area contributed by atoms with Crippen LogP contribution in [0.4, 0.5) is 4.39 Å². The first kappa shape index (κ1) is 15.0. The lowest BCUT2D eigenvalue weighted by atomic mass is 9.98. The highest BCUT2D eigenvalue weighted by molar-refractivity contribution is 9.10. The van der Waals surface area contributed by atoms with Crippen molar-refractivity contribution < 1.29 is 9.13 Å². The van der Waals surface area contributed by atoms with Gasteiger partial charge in [-0.2, -0.15) is 0 Å². The van der Waals surface area contributed by atoms with Gasteiger partial charge in [-0.1, -0.05) is 28.1 Å². The molecule has 4 heteroatoms. The topological polar surface area (TPSA) is 21.3 Å². The van der Waals surface area contributed by atoms with Crippen LogP contribution in [0.15, 0.2) is 46.9 Å². The Kier molecular flexibility index (Phi) is 5.15. The molecule has 20 heavy (non-hydrogen) atoms. The van der Waals surface area contributed by atoms with Gasteiger partial charge >= 0.3 is 0 Å². The minimum Gasteiger partial charge on any atom is -0.496 e. The molecule has 2 aromatic rings. The van der Waals surface area contributed by atoms with E-state index in [1.165, 1.54) is 6.07 Å². The highest BCUT2D eigenvalue weighted by Crippen LogP contribution is 2.30. The summed E-state index contributed by atoms with van der Waals surface area (Å²) in [6, 6.07) is 12.6. The minimum absolute atomic E-state index is 0.0595. The number of rotatable bonds is 5. The van der Waals surface area contributed by atoms with Gasteiger partial charge < -0.3 is 10.1 Å². The minimum atomic E-state index is -0.210. The molecule has 0 radical (unpaired) electrons. The summed E-state index contributed by atoms with van der Waals surface area (Å²) in [6.07, 6.45) is 0.696. The van der Waals surface area contributed by atoms with Gasteiger partial charge in [0.25, 0.3) is 0 Å². The Morgan fingerprint density at radius 3 is 2.70 bits per heavy atom. The maximum absolute atomic E-state index is 13.3. The van der Waals surface area contributed by atoms with Gasteiger partial charge in [0.05, 0.1) is 7.11 Å². The van der Waals surface area contributed by atoms with Crippen molar-refractivity contribution in [3.63, 3.8) is 0 Å². The number of halogens is 2. The standard InChI is InChI=1S/C16H17BrFNO/c1-19-15(9-11-4-3-5-13(18)8-11)14-10-12(17)6-7-16(14)20-2/h3-8,10,15,19H,9H2,1-2H3. The second-order valence-electron chi connectivity index (χ2n) is 4.56. The average molecular weight is 338 g/mol. The van der Waals surface area contributed by atoms with Crippen molar-refractivity contribution in [3.05, 3.63) is 63.9 Å². The molecule has 0 heterocycles. The molecule has 0 aromatic heterocycles. The van der Waals surface area contributed by atoms with Crippen molar-refractivity contribution in [1.82, 2.24) is 5.32 Å². The molecule has 1 unspecified atom stereocenters. The molecule has 2 nitrogen and oxygen atoms in total. The van der Waals surface area contributed by atoms with Gasteiger partial charge in [-0.25, -0.2) is 4.39 Å². The second kappa shape index (κ2) is 6.86. The molecule has 2 rings (SSSR count). The summed E-state index contributed by atoms with van der Waals surface area (Å²) in [5, 5.41) is 3.26. The lowest BCUT2D eigenvalue weighted by Crippen LogP contribution is -2.19. The Morgan fingerprint density at radius 2 is 2.05 bits per heavy atom. The van der Waals surface area contributed by atoms with Gasteiger partial charge in [-0.3, -0.25) is 0 Å². The maximum Gasteiger partial charge on any atom is 0.123 e. The van der Waals surface area contributed by atoms with Crippen molar-refractivity contribution in [2.24, 2.45) is 0 Å². The van der Waals surface area contributed by atoms with E-state index in [2.05, 4.69) is 21.2 Å². The Morgan fingerprint density at radius 1 is 1.25 bits per heavy atom. The summed E-state index contributed by atoms with van der Waals surface area (Å²) in [5.74, 6) is 0.613. The van der Waals surface area contributed by atoms with E-state index in [0.717, 1.165) is 21.3 Å². The van der Waals surface area contributed by atoms with Crippen LogP contribution in [0.25, 0.3) is 0 Å². The lowest BCUT2D eigenvalue weighted by molar-refractivity contribution is 0.401. The number of benzene rings is 2. The van der Waals surface area contributed by atoms with Gasteiger partial charge in [0.2, 0.25) is 0 Å². The van der Waals surface area contributed by atoms with Crippen molar-refractivity contribution in [2.45, 2.75) is 12.5 Å². The summed E-state index contributed by atoms with van der Waals surface area (Å²) < 4.78 is 19.7. The highest BCUT2D eigenvalue weighted by atomic mass is 79.9. The smallest absolute Gasteiger partial charge is 0.123 e. The number of ether oxygens (including phenoxy) is 1. The van der Waals surface area contributed by atoms with Crippen molar-refractivity contribution >= 4 is 15.9 Å². The lowest BCUT2D eigenvalue weighted by Gasteiger charge is -2.20. The molecule has 1 N–H and O–H groups in total. The number of hydrogen-bond donors (Lipinski definition) is 1. The second-order valence-corrected chi connectivity index (χ2v) is 5.48. The summed E-state index contributed by atoms with van der Waals surface area (Å²) >= 11 is 3.48. The first-order valence-electron chi connectivity index (χ1n) is 6.39. The molecule has 0 fully saturated rings. The number of methoxy groups -OCH3 is 1. The van der Waals surface area contributed by atoms with E-state index >= 15 is 0 Å². The zero-order valence-corrected chi connectivity index (χ0v) is 13.1. The summed E-state index contributed by atoms with van der Waals surface area (Å²) in [4.78, 5) is 0. The number of nitrogens with one attached hydrogen (secondary N) is 1. The predicted molar refractivity (Wildman–Crippen MR) is 82.6 cm³/mol. The molecule has 0 aliphatic heterocycles. The fraction of sp³-hybridized carbons (Fsp3) is 0.250. The van der Waals surface area contributed by atoms with E-state index < -0.39 is 0 Å².